The number of hydrazone groups is 1. The van der Waals surface area contributed by atoms with Crippen LogP contribution >= 0.6 is 17.6 Å². The summed E-state index contributed by atoms with van der Waals surface area (Å²) in [6.45, 7) is 5.46. The van der Waals surface area contributed by atoms with E-state index in [0.29, 0.717) is 5.90 Å². The van der Waals surface area contributed by atoms with Crippen molar-refractivity contribution in [2.45, 2.75) is 6.92 Å². The Balaban J connectivity index is 2.76. The Labute approximate surface area is 59.3 Å². The number of rotatable bonds is 0. The van der Waals surface area contributed by atoms with Crippen LogP contribution in [0.5, 0.6) is 0 Å². The molecule has 0 atom stereocenters. The van der Waals surface area contributed by atoms with Gasteiger partial charge in [-0.1, -0.05) is 0 Å². The molecule has 0 unspecified atom stereocenters. The third kappa shape index (κ3) is 1.70. The van der Waals surface area contributed by atoms with E-state index in [1.165, 1.54) is 0 Å². The predicted molar refractivity (Wildman–Crippen MR) is 42.0 cm³/mol. The molecule has 9 heavy (non-hydrogen) atoms. The molecule has 1 rings (SSSR count). The van der Waals surface area contributed by atoms with Crippen molar-refractivity contribution < 1.29 is 4.52 Å². The van der Waals surface area contributed by atoms with E-state index in [-0.39, 0.29) is 0 Å². The molecule has 0 radical (unpaired) electrons. The van der Waals surface area contributed by atoms with E-state index in [1.807, 2.05) is 13.3 Å². The molecule has 0 aromatic rings. The first-order valence-corrected chi connectivity index (χ1v) is 6.57. The zero-order chi connectivity index (χ0) is 7.15. The van der Waals surface area contributed by atoms with Gasteiger partial charge in [0.05, 0.1) is 0 Å². The fourth-order valence-corrected chi connectivity index (χ4v) is 2.31. The summed E-state index contributed by atoms with van der Waals surface area (Å²) in [7, 11) is 0. The second-order valence-electron chi connectivity index (χ2n) is 2.66. The van der Waals surface area contributed by atoms with Gasteiger partial charge in [0.25, 0.3) is 0 Å². The second kappa shape index (κ2) is 1.53. The summed E-state index contributed by atoms with van der Waals surface area (Å²) in [6.07, 6.45) is -2.54. The summed E-state index contributed by atoms with van der Waals surface area (Å²) in [5, 5.41) is 6.61. The number of nitrogens with zero attached hydrogens (tertiary/aromatic N) is 1. The molecule has 0 spiro atoms. The van der Waals surface area contributed by atoms with Crippen LogP contribution in [0.3, 0.4) is 0 Å². The van der Waals surface area contributed by atoms with E-state index in [9.17, 15) is 0 Å². The summed E-state index contributed by atoms with van der Waals surface area (Å²) >= 11 is 6.00. The van der Waals surface area contributed by atoms with Gasteiger partial charge in [-0.25, -0.2) is 0 Å². The average Bonchev–Trinajstić information content (AvgIpc) is 1.78. The number of nitrogens with one attached hydrogen (secondary N) is 1. The van der Waals surface area contributed by atoms with Gasteiger partial charge in [-0.3, -0.25) is 0 Å². The van der Waals surface area contributed by atoms with E-state index >= 15 is 0 Å². The van der Waals surface area contributed by atoms with Gasteiger partial charge >= 0.3 is 58.5 Å². The normalized spacial score (nSPS) is 32.9. The fourth-order valence-electron chi connectivity index (χ4n) is 0.631. The van der Waals surface area contributed by atoms with E-state index in [2.05, 4.69) is 10.3 Å². The molecule has 1 aliphatic heterocycles. The molecule has 0 aliphatic carbocycles. The van der Waals surface area contributed by atoms with Gasteiger partial charge in [-0.05, 0) is 0 Å². The van der Waals surface area contributed by atoms with Crippen LogP contribution in [0, 0.1) is 0 Å². The standard InChI is InChI=1S/C4H10ClN2OP/c1-4-6-7-9(2,3,5)8-4/h7H,1-3H3. The minimum atomic E-state index is -2.54. The van der Waals surface area contributed by atoms with Crippen LogP contribution in [-0.4, -0.2) is 19.2 Å². The maximum absolute atomic E-state index is 6.00. The van der Waals surface area contributed by atoms with E-state index in [1.54, 1.807) is 6.92 Å². The fraction of sp³-hybridized carbons (Fsp3) is 0.750. The van der Waals surface area contributed by atoms with Crippen molar-refractivity contribution in [3.63, 3.8) is 0 Å². The van der Waals surface area contributed by atoms with Gasteiger partial charge in [0, 0.05) is 0 Å². The zero-order valence-corrected chi connectivity index (χ0v) is 7.33. The summed E-state index contributed by atoms with van der Waals surface area (Å²) in [5.74, 6) is 0.618. The summed E-state index contributed by atoms with van der Waals surface area (Å²) in [4.78, 5) is 0. The molecule has 1 aliphatic rings. The van der Waals surface area contributed by atoms with Crippen LogP contribution in [0.4, 0.5) is 0 Å². The topological polar surface area (TPSA) is 33.6 Å². The predicted octanol–water partition coefficient (Wildman–Crippen LogP) is 1.74. The van der Waals surface area contributed by atoms with Crippen molar-refractivity contribution in [3.8, 4) is 0 Å². The van der Waals surface area contributed by atoms with Crippen molar-refractivity contribution in [1.82, 2.24) is 5.20 Å². The van der Waals surface area contributed by atoms with Crippen LogP contribution < -0.4 is 5.20 Å². The first-order valence-electron chi connectivity index (χ1n) is 2.62. The monoisotopic (exact) mass is 168 g/mol. The molecule has 0 fully saturated rings. The molecule has 0 aromatic heterocycles. The molecule has 1 N–H and O–H groups in total. The van der Waals surface area contributed by atoms with E-state index < -0.39 is 6.33 Å². The Morgan fingerprint density at radius 1 is 1.67 bits per heavy atom. The van der Waals surface area contributed by atoms with E-state index in [4.69, 9.17) is 15.8 Å². The van der Waals surface area contributed by atoms with Crippen molar-refractivity contribution in [3.05, 3.63) is 0 Å². The van der Waals surface area contributed by atoms with Crippen molar-refractivity contribution >= 4 is 23.5 Å². The Hall–Kier alpha value is -0.0100. The summed E-state index contributed by atoms with van der Waals surface area (Å²) in [6, 6.07) is 0. The van der Waals surface area contributed by atoms with Crippen molar-refractivity contribution in [2.75, 3.05) is 13.3 Å². The van der Waals surface area contributed by atoms with Crippen LogP contribution in [0.15, 0.2) is 5.10 Å². The van der Waals surface area contributed by atoms with Crippen LogP contribution in [-0.2, 0) is 4.52 Å². The summed E-state index contributed by atoms with van der Waals surface area (Å²) in [5.41, 5.74) is 0. The average molecular weight is 169 g/mol. The van der Waals surface area contributed by atoms with Crippen molar-refractivity contribution in [2.24, 2.45) is 5.10 Å². The Bertz CT molecular complexity index is 171. The molecule has 3 nitrogen and oxygen atoms in total. The molecule has 5 heteroatoms. The van der Waals surface area contributed by atoms with Gasteiger partial charge in [0.2, 0.25) is 0 Å². The molecular weight excluding hydrogens is 158 g/mol. The third-order valence-corrected chi connectivity index (χ3v) is 2.76. The van der Waals surface area contributed by atoms with Gasteiger partial charge in [-0.2, -0.15) is 0 Å². The molecule has 0 saturated heterocycles. The van der Waals surface area contributed by atoms with Gasteiger partial charge in [0.15, 0.2) is 0 Å². The quantitative estimate of drug-likeness (QED) is 0.559. The Kier molecular flexibility index (Phi) is 1.20. The second-order valence-corrected chi connectivity index (χ2v) is 9.68. The van der Waals surface area contributed by atoms with Crippen molar-refractivity contribution in [1.29, 1.82) is 0 Å². The minimum absolute atomic E-state index is 0.618. The number of hydrogen-bond acceptors (Lipinski definition) is 3. The third-order valence-electron chi connectivity index (χ3n) is 0.881. The molecule has 1 heterocycles. The molecule has 0 saturated carbocycles. The zero-order valence-electron chi connectivity index (χ0n) is 5.68. The Morgan fingerprint density at radius 3 is 2.33 bits per heavy atom. The van der Waals surface area contributed by atoms with Crippen LogP contribution in [0.25, 0.3) is 0 Å². The number of hydrogen-bond donors (Lipinski definition) is 1. The number of halogens is 1. The first kappa shape index (κ1) is 7.10. The van der Waals surface area contributed by atoms with Gasteiger partial charge < -0.3 is 0 Å². The maximum atomic E-state index is 6.00. The Morgan fingerprint density at radius 2 is 2.22 bits per heavy atom. The molecule has 0 aromatic carbocycles. The first-order chi connectivity index (χ1) is 3.87. The molecular formula is C4H10ClN2OP. The van der Waals surface area contributed by atoms with Crippen LogP contribution in [0.1, 0.15) is 6.92 Å². The van der Waals surface area contributed by atoms with Gasteiger partial charge in [-0.15, -0.1) is 0 Å². The van der Waals surface area contributed by atoms with Gasteiger partial charge in [0.1, 0.15) is 0 Å². The molecule has 54 valence electrons. The SMILES string of the molecule is CC1=NNP(C)(C)(Cl)O1. The molecule has 0 bridgehead atoms. The summed E-state index contributed by atoms with van der Waals surface area (Å²) < 4.78 is 5.27. The molecule has 0 amide bonds. The van der Waals surface area contributed by atoms with Crippen LogP contribution in [0.2, 0.25) is 0 Å². The van der Waals surface area contributed by atoms with E-state index in [0.717, 1.165) is 0 Å².